The zero-order valence-corrected chi connectivity index (χ0v) is 21.0. The highest BCUT2D eigenvalue weighted by Gasteiger charge is 2.26. The number of nitrogens with zero attached hydrogens (tertiary/aromatic N) is 3. The molecule has 2 aliphatic rings. The Kier molecular flexibility index (Phi) is 10.6. The Morgan fingerprint density at radius 2 is 1.64 bits per heavy atom. The van der Waals surface area contributed by atoms with Crippen LogP contribution in [0, 0.1) is 0 Å². The lowest BCUT2D eigenvalue weighted by Crippen LogP contribution is -2.43. The van der Waals surface area contributed by atoms with Gasteiger partial charge in [0.2, 0.25) is 15.9 Å². The van der Waals surface area contributed by atoms with E-state index in [9.17, 15) is 13.2 Å². The molecular formula is C25H41N3O4S. The molecule has 0 aromatic heterocycles. The molecule has 0 atom stereocenters. The summed E-state index contributed by atoms with van der Waals surface area (Å²) >= 11 is 0. The van der Waals surface area contributed by atoms with E-state index in [2.05, 4.69) is 11.8 Å². The van der Waals surface area contributed by atoms with Crippen molar-refractivity contribution in [3.63, 3.8) is 0 Å². The maximum Gasteiger partial charge on any atom is 0.243 e. The van der Waals surface area contributed by atoms with Gasteiger partial charge in [-0.2, -0.15) is 4.31 Å². The van der Waals surface area contributed by atoms with Crippen LogP contribution in [0.25, 0.3) is 0 Å². The molecule has 2 fully saturated rings. The first-order valence-corrected chi connectivity index (χ1v) is 14.1. The second-order valence-electron chi connectivity index (χ2n) is 9.18. The molecule has 0 unspecified atom stereocenters. The molecule has 186 valence electrons. The van der Waals surface area contributed by atoms with E-state index in [0.29, 0.717) is 24.4 Å². The lowest BCUT2D eigenvalue weighted by atomic mass is 10.1. The van der Waals surface area contributed by atoms with Crippen LogP contribution in [0.4, 0.5) is 0 Å². The molecule has 0 aliphatic carbocycles. The first-order valence-electron chi connectivity index (χ1n) is 12.7. The minimum Gasteiger partial charge on any atom is -0.379 e. The standard InChI is InChI=1S/C25H41N3O4S/c1-2-3-4-6-13-27(17-16-26-18-20-32-21-19-26)25(29)22-23-9-11-24(12-10-23)33(30,31)28-14-7-5-8-15-28/h9-12H,2-8,13-22H2,1H3. The van der Waals surface area contributed by atoms with Crippen molar-refractivity contribution in [3.05, 3.63) is 29.8 Å². The Hall–Kier alpha value is -1.48. The van der Waals surface area contributed by atoms with Crippen LogP contribution in [0.15, 0.2) is 29.2 Å². The molecule has 0 spiro atoms. The molecule has 2 saturated heterocycles. The van der Waals surface area contributed by atoms with Crippen LogP contribution in [0.5, 0.6) is 0 Å². The number of morpholine rings is 1. The molecule has 2 heterocycles. The van der Waals surface area contributed by atoms with Gasteiger partial charge in [0.05, 0.1) is 24.5 Å². The third-order valence-corrected chi connectivity index (χ3v) is 8.57. The molecule has 0 N–H and O–H groups in total. The summed E-state index contributed by atoms with van der Waals surface area (Å²) in [6.45, 7) is 9.13. The van der Waals surface area contributed by atoms with Gasteiger partial charge in [-0.1, -0.05) is 44.7 Å². The normalized spacial score (nSPS) is 18.3. The predicted molar refractivity (Wildman–Crippen MR) is 131 cm³/mol. The van der Waals surface area contributed by atoms with Crippen molar-refractivity contribution in [2.45, 2.75) is 63.2 Å². The number of unbranched alkanes of at least 4 members (excludes halogenated alkanes) is 3. The highest BCUT2D eigenvalue weighted by atomic mass is 32.2. The number of hydrogen-bond acceptors (Lipinski definition) is 5. The third-order valence-electron chi connectivity index (χ3n) is 6.66. The van der Waals surface area contributed by atoms with Gasteiger partial charge in [-0.15, -0.1) is 0 Å². The van der Waals surface area contributed by atoms with Crippen LogP contribution in [0.1, 0.15) is 57.4 Å². The average Bonchev–Trinajstić information content (AvgIpc) is 2.85. The first-order chi connectivity index (χ1) is 16.0. The summed E-state index contributed by atoms with van der Waals surface area (Å²) in [5, 5.41) is 0. The summed E-state index contributed by atoms with van der Waals surface area (Å²) < 4.78 is 32.8. The van der Waals surface area contributed by atoms with E-state index in [-0.39, 0.29) is 5.91 Å². The van der Waals surface area contributed by atoms with Gasteiger partial charge in [0.25, 0.3) is 0 Å². The maximum atomic E-state index is 13.1. The number of piperidine rings is 1. The summed E-state index contributed by atoms with van der Waals surface area (Å²) in [4.78, 5) is 17.8. The predicted octanol–water partition coefficient (Wildman–Crippen LogP) is 3.14. The Balaban J connectivity index is 1.58. The molecule has 2 aliphatic heterocycles. The van der Waals surface area contributed by atoms with Gasteiger partial charge < -0.3 is 9.64 Å². The van der Waals surface area contributed by atoms with Gasteiger partial charge >= 0.3 is 0 Å². The molecule has 3 rings (SSSR count). The van der Waals surface area contributed by atoms with E-state index in [1.165, 1.54) is 12.8 Å². The summed E-state index contributed by atoms with van der Waals surface area (Å²) in [6, 6.07) is 6.91. The molecule has 0 bridgehead atoms. The average molecular weight is 480 g/mol. The van der Waals surface area contributed by atoms with Crippen LogP contribution in [0.3, 0.4) is 0 Å². The first kappa shape index (κ1) is 26.1. The van der Waals surface area contributed by atoms with Gasteiger partial charge in [0, 0.05) is 45.8 Å². The van der Waals surface area contributed by atoms with Crippen molar-refractivity contribution in [1.82, 2.24) is 14.1 Å². The zero-order chi connectivity index (χ0) is 23.5. The number of ether oxygens (including phenoxy) is 1. The van der Waals surface area contributed by atoms with E-state index >= 15 is 0 Å². The molecule has 0 saturated carbocycles. The molecule has 1 aromatic rings. The smallest absolute Gasteiger partial charge is 0.243 e. The van der Waals surface area contributed by atoms with E-state index < -0.39 is 10.0 Å². The van der Waals surface area contributed by atoms with Gasteiger partial charge in [-0.3, -0.25) is 9.69 Å². The number of carbonyl (C=O) groups excluding carboxylic acids is 1. The van der Waals surface area contributed by atoms with E-state index in [1.807, 2.05) is 4.90 Å². The van der Waals surface area contributed by atoms with Gasteiger partial charge in [0.1, 0.15) is 0 Å². The summed E-state index contributed by atoms with van der Waals surface area (Å²) in [5.41, 5.74) is 0.863. The van der Waals surface area contributed by atoms with Crippen molar-refractivity contribution in [2.75, 3.05) is 59.0 Å². The highest BCUT2D eigenvalue weighted by molar-refractivity contribution is 7.89. The van der Waals surface area contributed by atoms with Gasteiger partial charge in [-0.25, -0.2) is 8.42 Å². The number of rotatable bonds is 12. The second kappa shape index (κ2) is 13.4. The second-order valence-corrected chi connectivity index (χ2v) is 11.1. The summed E-state index contributed by atoms with van der Waals surface area (Å²) in [6.07, 6.45) is 7.77. The van der Waals surface area contributed by atoms with Gasteiger partial charge in [-0.05, 0) is 37.0 Å². The van der Waals surface area contributed by atoms with Crippen LogP contribution in [-0.4, -0.2) is 87.5 Å². The Labute approximate surface area is 200 Å². The largest absolute Gasteiger partial charge is 0.379 e. The number of amides is 1. The van der Waals surface area contributed by atoms with Crippen LogP contribution < -0.4 is 0 Å². The zero-order valence-electron chi connectivity index (χ0n) is 20.2. The summed E-state index contributed by atoms with van der Waals surface area (Å²) in [7, 11) is -3.44. The van der Waals surface area contributed by atoms with Crippen LogP contribution in [0.2, 0.25) is 0 Å². The highest BCUT2D eigenvalue weighted by Crippen LogP contribution is 2.21. The van der Waals surface area contributed by atoms with Crippen molar-refractivity contribution in [2.24, 2.45) is 0 Å². The lowest BCUT2D eigenvalue weighted by molar-refractivity contribution is -0.130. The van der Waals surface area contributed by atoms with E-state index in [0.717, 1.165) is 83.6 Å². The van der Waals surface area contributed by atoms with Crippen molar-refractivity contribution < 1.29 is 17.9 Å². The van der Waals surface area contributed by atoms with E-state index in [1.54, 1.807) is 28.6 Å². The van der Waals surface area contributed by atoms with Crippen LogP contribution in [-0.2, 0) is 26.0 Å². The fraction of sp³-hybridized carbons (Fsp3) is 0.720. The van der Waals surface area contributed by atoms with Crippen molar-refractivity contribution >= 4 is 15.9 Å². The topological polar surface area (TPSA) is 70.2 Å². The van der Waals surface area contributed by atoms with Gasteiger partial charge in [0.15, 0.2) is 0 Å². The van der Waals surface area contributed by atoms with Crippen molar-refractivity contribution in [1.29, 1.82) is 0 Å². The summed E-state index contributed by atoms with van der Waals surface area (Å²) in [5.74, 6) is 0.117. The minimum absolute atomic E-state index is 0.117. The Morgan fingerprint density at radius 1 is 0.939 bits per heavy atom. The van der Waals surface area contributed by atoms with Crippen molar-refractivity contribution in [3.8, 4) is 0 Å². The molecule has 0 radical (unpaired) electrons. The molecule has 8 heteroatoms. The number of hydrogen-bond donors (Lipinski definition) is 0. The third kappa shape index (κ3) is 8.05. The lowest BCUT2D eigenvalue weighted by Gasteiger charge is -2.30. The molecule has 1 aromatic carbocycles. The number of carbonyl (C=O) groups is 1. The molecule has 33 heavy (non-hydrogen) atoms. The fourth-order valence-corrected chi connectivity index (χ4v) is 6.01. The maximum absolute atomic E-state index is 13.1. The SMILES string of the molecule is CCCCCCN(CCN1CCOCC1)C(=O)Cc1ccc(S(=O)(=O)N2CCCCC2)cc1. The molecular weight excluding hydrogens is 438 g/mol. The molecule has 1 amide bonds. The van der Waals surface area contributed by atoms with Crippen LogP contribution >= 0.6 is 0 Å². The Bertz CT molecular complexity index is 817. The monoisotopic (exact) mass is 479 g/mol. The van der Waals surface area contributed by atoms with E-state index in [4.69, 9.17) is 4.74 Å². The molecule has 7 nitrogen and oxygen atoms in total. The minimum atomic E-state index is -3.44. The quantitative estimate of drug-likeness (QED) is 0.431. The fourth-order valence-electron chi connectivity index (χ4n) is 4.50. The number of sulfonamides is 1. The Morgan fingerprint density at radius 3 is 2.30 bits per heavy atom. The number of benzene rings is 1.